The molecule has 7 nitrogen and oxygen atoms in total. The first-order valence-electron chi connectivity index (χ1n) is 10.3. The zero-order valence-electron chi connectivity index (χ0n) is 16.3. The summed E-state index contributed by atoms with van der Waals surface area (Å²) in [5.41, 5.74) is 0.366. The highest BCUT2D eigenvalue weighted by atomic mass is 16.5. The Hall–Kier alpha value is -2.05. The molecule has 2 saturated heterocycles. The number of hydrogen-bond acceptors (Lipinski definition) is 4. The summed E-state index contributed by atoms with van der Waals surface area (Å²) in [6.45, 7) is 6.73. The van der Waals surface area contributed by atoms with Crippen LogP contribution < -0.4 is 5.32 Å². The van der Waals surface area contributed by atoms with Crippen LogP contribution in [0.3, 0.4) is 0 Å². The molecule has 0 aromatic carbocycles. The summed E-state index contributed by atoms with van der Waals surface area (Å²) in [4.78, 5) is 29.2. The molecule has 7 heteroatoms. The second-order valence-corrected chi connectivity index (χ2v) is 8.58. The Morgan fingerprint density at radius 1 is 1.11 bits per heavy atom. The minimum Gasteiger partial charge on any atom is -0.360 e. The number of carbonyl (C=O) groups excluding carboxylic acids is 2. The molecule has 1 aromatic heterocycles. The Labute approximate surface area is 160 Å². The molecular weight excluding hydrogens is 344 g/mol. The van der Waals surface area contributed by atoms with Gasteiger partial charge in [0.05, 0.1) is 0 Å². The molecule has 4 rings (SSSR count). The van der Waals surface area contributed by atoms with Crippen LogP contribution in [0.4, 0.5) is 4.79 Å². The molecule has 2 atom stereocenters. The third-order valence-corrected chi connectivity index (χ3v) is 6.25. The molecule has 1 N–H and O–H groups in total. The lowest BCUT2D eigenvalue weighted by molar-refractivity contribution is 0.0843. The minimum atomic E-state index is -0.173. The van der Waals surface area contributed by atoms with Crippen LogP contribution in [0.1, 0.15) is 74.5 Å². The van der Waals surface area contributed by atoms with Gasteiger partial charge >= 0.3 is 6.03 Å². The van der Waals surface area contributed by atoms with Gasteiger partial charge in [-0.25, -0.2) is 4.79 Å². The minimum absolute atomic E-state index is 0.0685. The van der Waals surface area contributed by atoms with Gasteiger partial charge in [-0.15, -0.1) is 0 Å². The van der Waals surface area contributed by atoms with Crippen molar-refractivity contribution in [3.05, 3.63) is 17.5 Å². The van der Waals surface area contributed by atoms with Gasteiger partial charge in [-0.05, 0) is 51.4 Å². The van der Waals surface area contributed by atoms with E-state index in [2.05, 4.69) is 24.3 Å². The number of nitrogens with one attached hydrogen (secondary N) is 1. The highest BCUT2D eigenvalue weighted by Gasteiger charge is 2.34. The highest BCUT2D eigenvalue weighted by molar-refractivity contribution is 5.92. The second kappa shape index (κ2) is 7.52. The van der Waals surface area contributed by atoms with Crippen LogP contribution in [0, 0.1) is 5.92 Å². The molecule has 27 heavy (non-hydrogen) atoms. The molecule has 3 fully saturated rings. The number of carbonyl (C=O) groups is 2. The number of likely N-dealkylation sites (tertiary alicyclic amines) is 2. The molecule has 3 amide bonds. The molecule has 0 spiro atoms. The molecule has 1 saturated carbocycles. The second-order valence-electron chi connectivity index (χ2n) is 8.58. The van der Waals surface area contributed by atoms with Crippen LogP contribution in [0.2, 0.25) is 0 Å². The molecule has 1 aromatic rings. The van der Waals surface area contributed by atoms with Crippen molar-refractivity contribution in [2.45, 2.75) is 70.4 Å². The van der Waals surface area contributed by atoms with E-state index in [1.807, 2.05) is 9.80 Å². The summed E-state index contributed by atoms with van der Waals surface area (Å²) in [5, 5.41) is 6.98. The maximum absolute atomic E-state index is 12.8. The van der Waals surface area contributed by atoms with Crippen molar-refractivity contribution in [2.24, 2.45) is 5.92 Å². The van der Waals surface area contributed by atoms with Gasteiger partial charge < -0.3 is 19.6 Å². The molecule has 148 valence electrons. The number of piperidine rings is 2. The third-order valence-electron chi connectivity index (χ3n) is 6.25. The van der Waals surface area contributed by atoms with Gasteiger partial charge in [-0.1, -0.05) is 12.1 Å². The predicted octanol–water partition coefficient (Wildman–Crippen LogP) is 2.99. The fourth-order valence-electron chi connectivity index (χ4n) is 4.18. The maximum Gasteiger partial charge on any atom is 0.320 e. The zero-order chi connectivity index (χ0) is 19.0. The van der Waals surface area contributed by atoms with Gasteiger partial charge in [0.15, 0.2) is 5.69 Å². The van der Waals surface area contributed by atoms with Gasteiger partial charge in [0.25, 0.3) is 5.91 Å². The van der Waals surface area contributed by atoms with Crippen LogP contribution in [-0.2, 0) is 0 Å². The van der Waals surface area contributed by atoms with Gasteiger partial charge in [-0.2, -0.15) is 0 Å². The van der Waals surface area contributed by atoms with E-state index in [1.165, 1.54) is 0 Å². The van der Waals surface area contributed by atoms with Gasteiger partial charge in [0, 0.05) is 43.7 Å². The number of rotatable bonds is 3. The Morgan fingerprint density at radius 2 is 1.85 bits per heavy atom. The topological polar surface area (TPSA) is 78.7 Å². The van der Waals surface area contributed by atoms with E-state index < -0.39 is 0 Å². The summed E-state index contributed by atoms with van der Waals surface area (Å²) in [6.07, 6.45) is 5.97. The standard InChI is InChI=1S/C20H30N4O3/c1-13-5-8-23(9-6-13)20(26)24-10-7-16(11-14(24)2)21-19(25)17-12-18(27-22-17)15-3-4-15/h12-16H,3-11H2,1-2H3,(H,21,25)/t14-,16?/m0/s1. The first kappa shape index (κ1) is 18.3. The first-order chi connectivity index (χ1) is 13.0. The lowest BCUT2D eigenvalue weighted by Gasteiger charge is -2.42. The van der Waals surface area contributed by atoms with Crippen molar-refractivity contribution in [3.63, 3.8) is 0 Å². The summed E-state index contributed by atoms with van der Waals surface area (Å²) >= 11 is 0. The van der Waals surface area contributed by atoms with Crippen LogP contribution in [0.5, 0.6) is 0 Å². The molecular formula is C20H30N4O3. The molecule has 1 aliphatic carbocycles. The number of amides is 3. The summed E-state index contributed by atoms with van der Waals surface area (Å²) in [5.74, 6) is 1.81. The molecule has 2 aliphatic heterocycles. The van der Waals surface area contributed by atoms with Crippen LogP contribution in [0.15, 0.2) is 10.6 Å². The Kier molecular flexibility index (Phi) is 5.10. The molecule has 1 unspecified atom stereocenters. The van der Waals surface area contributed by atoms with Crippen molar-refractivity contribution >= 4 is 11.9 Å². The molecule has 0 radical (unpaired) electrons. The van der Waals surface area contributed by atoms with E-state index in [9.17, 15) is 9.59 Å². The zero-order valence-corrected chi connectivity index (χ0v) is 16.3. The van der Waals surface area contributed by atoms with Crippen molar-refractivity contribution in [2.75, 3.05) is 19.6 Å². The molecule has 3 aliphatic rings. The normalized spacial score (nSPS) is 26.9. The molecule has 0 bridgehead atoms. The fourth-order valence-corrected chi connectivity index (χ4v) is 4.18. The summed E-state index contributed by atoms with van der Waals surface area (Å²) in [6, 6.07) is 2.12. The number of aromatic nitrogens is 1. The Bertz CT molecular complexity index is 691. The maximum atomic E-state index is 12.8. The van der Waals surface area contributed by atoms with Gasteiger partial charge in [0.2, 0.25) is 0 Å². The van der Waals surface area contributed by atoms with E-state index in [0.717, 1.165) is 57.4 Å². The lowest BCUT2D eigenvalue weighted by atomic mass is 9.97. The van der Waals surface area contributed by atoms with E-state index in [4.69, 9.17) is 4.52 Å². The van der Waals surface area contributed by atoms with E-state index in [1.54, 1.807) is 6.07 Å². The Balaban J connectivity index is 1.28. The Morgan fingerprint density at radius 3 is 2.52 bits per heavy atom. The summed E-state index contributed by atoms with van der Waals surface area (Å²) in [7, 11) is 0. The smallest absolute Gasteiger partial charge is 0.320 e. The van der Waals surface area contributed by atoms with E-state index >= 15 is 0 Å². The van der Waals surface area contributed by atoms with E-state index in [0.29, 0.717) is 24.1 Å². The van der Waals surface area contributed by atoms with Crippen molar-refractivity contribution in [3.8, 4) is 0 Å². The number of urea groups is 1. The van der Waals surface area contributed by atoms with Crippen LogP contribution in [0.25, 0.3) is 0 Å². The van der Waals surface area contributed by atoms with Crippen molar-refractivity contribution < 1.29 is 14.1 Å². The number of hydrogen-bond donors (Lipinski definition) is 1. The molecule has 3 heterocycles. The van der Waals surface area contributed by atoms with Crippen LogP contribution in [-0.4, -0.2) is 58.6 Å². The fraction of sp³-hybridized carbons (Fsp3) is 0.750. The number of nitrogens with zero attached hydrogens (tertiary/aromatic N) is 3. The van der Waals surface area contributed by atoms with E-state index in [-0.39, 0.29) is 24.0 Å². The van der Waals surface area contributed by atoms with Crippen molar-refractivity contribution in [1.82, 2.24) is 20.3 Å². The quantitative estimate of drug-likeness (QED) is 0.882. The van der Waals surface area contributed by atoms with Gasteiger partial charge in [0.1, 0.15) is 5.76 Å². The average molecular weight is 374 g/mol. The third kappa shape index (κ3) is 4.12. The monoisotopic (exact) mass is 374 g/mol. The highest BCUT2D eigenvalue weighted by Crippen LogP contribution is 2.40. The lowest BCUT2D eigenvalue weighted by Crippen LogP contribution is -2.55. The first-order valence-corrected chi connectivity index (χ1v) is 10.3. The van der Waals surface area contributed by atoms with Gasteiger partial charge in [-0.3, -0.25) is 4.79 Å². The van der Waals surface area contributed by atoms with Crippen molar-refractivity contribution in [1.29, 1.82) is 0 Å². The van der Waals surface area contributed by atoms with Crippen LogP contribution >= 0.6 is 0 Å². The largest absolute Gasteiger partial charge is 0.360 e. The SMILES string of the molecule is CC1CCN(C(=O)N2CCC(NC(=O)c3cc(C4CC4)on3)C[C@@H]2C)CC1. The average Bonchev–Trinajstić information content (AvgIpc) is 3.38. The summed E-state index contributed by atoms with van der Waals surface area (Å²) < 4.78 is 5.27. The predicted molar refractivity (Wildman–Crippen MR) is 101 cm³/mol.